The van der Waals surface area contributed by atoms with E-state index in [0.29, 0.717) is 18.8 Å². The molecule has 5 heteroatoms. The van der Waals surface area contributed by atoms with Gasteiger partial charge in [-0.2, -0.15) is 0 Å². The van der Waals surface area contributed by atoms with Crippen LogP contribution in [0.1, 0.15) is 45.4 Å². The van der Waals surface area contributed by atoms with Crippen LogP contribution in [0.2, 0.25) is 0 Å². The zero-order valence-corrected chi connectivity index (χ0v) is 12.4. The summed E-state index contributed by atoms with van der Waals surface area (Å²) >= 11 is 0. The van der Waals surface area contributed by atoms with Crippen LogP contribution in [0, 0.1) is 11.6 Å². The molecular weight excluding hydrogens is 276 g/mol. The van der Waals surface area contributed by atoms with Crippen LogP contribution in [0.4, 0.5) is 14.5 Å². The van der Waals surface area contributed by atoms with E-state index < -0.39 is 17.6 Å². The minimum Gasteiger partial charge on any atom is -0.481 e. The highest BCUT2D eigenvalue weighted by molar-refractivity contribution is 5.67. The predicted octanol–water partition coefficient (Wildman–Crippen LogP) is 4.22. The fraction of sp³-hybridized carbons (Fsp3) is 0.562. The number of unbranched alkanes of at least 4 members (excludes halogenated alkanes) is 4. The van der Waals surface area contributed by atoms with E-state index in [-0.39, 0.29) is 6.42 Å². The maximum Gasteiger partial charge on any atom is 0.305 e. The van der Waals surface area contributed by atoms with Gasteiger partial charge in [0.2, 0.25) is 0 Å². The Labute approximate surface area is 124 Å². The Balaban J connectivity index is 2.62. The van der Waals surface area contributed by atoms with Crippen molar-refractivity contribution in [2.75, 3.05) is 18.0 Å². The first-order chi connectivity index (χ1) is 10.0. The molecule has 0 radical (unpaired) electrons. The Morgan fingerprint density at radius 1 is 1.10 bits per heavy atom. The molecule has 0 atom stereocenters. The molecule has 0 saturated heterocycles. The lowest BCUT2D eigenvalue weighted by Crippen LogP contribution is -2.27. The lowest BCUT2D eigenvalue weighted by atomic mass is 10.1. The molecular formula is C16H23F2NO2. The lowest BCUT2D eigenvalue weighted by molar-refractivity contribution is -0.136. The molecule has 21 heavy (non-hydrogen) atoms. The number of carboxylic acid groups (broad SMARTS) is 1. The molecule has 1 aromatic rings. The number of aliphatic carboxylic acids is 1. The van der Waals surface area contributed by atoms with Crippen molar-refractivity contribution in [1.82, 2.24) is 0 Å². The average Bonchev–Trinajstić information content (AvgIpc) is 2.45. The van der Waals surface area contributed by atoms with E-state index in [1.165, 1.54) is 12.5 Å². The molecule has 1 rings (SSSR count). The van der Waals surface area contributed by atoms with E-state index in [1.54, 1.807) is 0 Å². The summed E-state index contributed by atoms with van der Waals surface area (Å²) in [5, 5.41) is 8.79. The number of anilines is 1. The number of benzene rings is 1. The van der Waals surface area contributed by atoms with Crippen molar-refractivity contribution in [2.24, 2.45) is 0 Å². The first kappa shape index (κ1) is 17.4. The third-order valence-corrected chi connectivity index (χ3v) is 3.40. The van der Waals surface area contributed by atoms with Crippen molar-refractivity contribution in [3.8, 4) is 0 Å². The Bertz CT molecular complexity index is 452. The van der Waals surface area contributed by atoms with Crippen LogP contribution in [-0.2, 0) is 4.79 Å². The first-order valence-electron chi connectivity index (χ1n) is 7.46. The van der Waals surface area contributed by atoms with Crippen LogP contribution in [0.3, 0.4) is 0 Å². The molecule has 0 aliphatic carbocycles. The summed E-state index contributed by atoms with van der Waals surface area (Å²) < 4.78 is 26.3. The summed E-state index contributed by atoms with van der Waals surface area (Å²) in [6.07, 6.45) is 5.43. The van der Waals surface area contributed by atoms with E-state index >= 15 is 0 Å². The van der Waals surface area contributed by atoms with E-state index in [1.807, 2.05) is 4.90 Å². The van der Waals surface area contributed by atoms with Crippen LogP contribution >= 0.6 is 0 Å². The number of rotatable bonds is 10. The van der Waals surface area contributed by atoms with Gasteiger partial charge in [0.05, 0.1) is 6.42 Å². The number of hydrogen-bond acceptors (Lipinski definition) is 2. The Morgan fingerprint density at radius 2 is 1.81 bits per heavy atom. The second-order valence-corrected chi connectivity index (χ2v) is 5.14. The Morgan fingerprint density at radius 3 is 2.43 bits per heavy atom. The molecule has 0 fully saturated rings. The normalized spacial score (nSPS) is 10.6. The highest BCUT2D eigenvalue weighted by Crippen LogP contribution is 2.19. The first-order valence-corrected chi connectivity index (χ1v) is 7.46. The van der Waals surface area contributed by atoms with Crippen LogP contribution in [0.5, 0.6) is 0 Å². The van der Waals surface area contributed by atoms with Crippen molar-refractivity contribution in [1.29, 1.82) is 0 Å². The predicted molar refractivity (Wildman–Crippen MR) is 79.6 cm³/mol. The number of carboxylic acids is 1. The largest absolute Gasteiger partial charge is 0.481 e. The minimum atomic E-state index is -0.904. The van der Waals surface area contributed by atoms with E-state index in [4.69, 9.17) is 5.11 Å². The SMILES string of the molecule is CCCCCCCN(CCC(=O)O)c1ccc(F)c(F)c1. The van der Waals surface area contributed by atoms with Crippen molar-refractivity contribution >= 4 is 11.7 Å². The monoisotopic (exact) mass is 299 g/mol. The molecule has 0 aromatic heterocycles. The summed E-state index contributed by atoms with van der Waals surface area (Å²) in [7, 11) is 0. The van der Waals surface area contributed by atoms with Gasteiger partial charge in [-0.1, -0.05) is 32.6 Å². The van der Waals surface area contributed by atoms with Gasteiger partial charge in [-0.05, 0) is 18.6 Å². The summed E-state index contributed by atoms with van der Waals surface area (Å²) in [6.45, 7) is 3.09. The lowest BCUT2D eigenvalue weighted by Gasteiger charge is -2.24. The summed E-state index contributed by atoms with van der Waals surface area (Å²) in [5.41, 5.74) is 0.533. The second-order valence-electron chi connectivity index (χ2n) is 5.14. The zero-order valence-electron chi connectivity index (χ0n) is 12.4. The van der Waals surface area contributed by atoms with E-state index in [9.17, 15) is 13.6 Å². The molecule has 0 spiro atoms. The van der Waals surface area contributed by atoms with E-state index in [0.717, 1.165) is 37.8 Å². The fourth-order valence-corrected chi connectivity index (χ4v) is 2.19. The standard InChI is InChI=1S/C16H23F2NO2/c1-2-3-4-5-6-10-19(11-9-16(20)21)13-7-8-14(17)15(18)12-13/h7-8,12H,2-6,9-11H2,1H3,(H,20,21). The Kier molecular flexibility index (Phi) is 7.72. The molecule has 1 N–H and O–H groups in total. The number of hydrogen-bond donors (Lipinski definition) is 1. The highest BCUT2D eigenvalue weighted by atomic mass is 19.2. The maximum absolute atomic E-state index is 13.3. The van der Waals surface area contributed by atoms with Crippen LogP contribution in [0.15, 0.2) is 18.2 Å². The topological polar surface area (TPSA) is 40.5 Å². The van der Waals surface area contributed by atoms with Crippen molar-refractivity contribution < 1.29 is 18.7 Å². The van der Waals surface area contributed by atoms with Gasteiger partial charge in [0, 0.05) is 24.8 Å². The quantitative estimate of drug-likeness (QED) is 0.658. The van der Waals surface area contributed by atoms with Crippen molar-refractivity contribution in [3.63, 3.8) is 0 Å². The number of halogens is 2. The van der Waals surface area contributed by atoms with Crippen molar-refractivity contribution in [3.05, 3.63) is 29.8 Å². The van der Waals surface area contributed by atoms with Gasteiger partial charge in [0.15, 0.2) is 11.6 Å². The summed E-state index contributed by atoms with van der Waals surface area (Å²) in [5.74, 6) is -2.69. The third-order valence-electron chi connectivity index (χ3n) is 3.40. The molecule has 0 unspecified atom stereocenters. The van der Waals surface area contributed by atoms with Gasteiger partial charge in [-0.3, -0.25) is 4.79 Å². The third kappa shape index (κ3) is 6.56. The molecule has 118 valence electrons. The van der Waals surface area contributed by atoms with Crippen LogP contribution in [-0.4, -0.2) is 24.2 Å². The highest BCUT2D eigenvalue weighted by Gasteiger charge is 2.11. The number of carbonyl (C=O) groups is 1. The molecule has 3 nitrogen and oxygen atoms in total. The van der Waals surface area contributed by atoms with Gasteiger partial charge < -0.3 is 10.0 Å². The maximum atomic E-state index is 13.3. The van der Waals surface area contributed by atoms with Gasteiger partial charge >= 0.3 is 5.97 Å². The molecule has 0 saturated carbocycles. The summed E-state index contributed by atoms with van der Waals surface area (Å²) in [6, 6.07) is 3.70. The smallest absolute Gasteiger partial charge is 0.305 e. The molecule has 0 bridgehead atoms. The molecule has 0 aliphatic heterocycles. The summed E-state index contributed by atoms with van der Waals surface area (Å²) in [4.78, 5) is 12.5. The second kappa shape index (κ2) is 9.32. The van der Waals surface area contributed by atoms with Crippen LogP contribution in [0.25, 0.3) is 0 Å². The molecule has 0 amide bonds. The fourth-order valence-electron chi connectivity index (χ4n) is 2.19. The number of nitrogens with zero attached hydrogens (tertiary/aromatic N) is 1. The van der Waals surface area contributed by atoms with Gasteiger partial charge in [0.25, 0.3) is 0 Å². The molecule has 1 aromatic carbocycles. The molecule has 0 aliphatic rings. The van der Waals surface area contributed by atoms with Gasteiger partial charge in [-0.25, -0.2) is 8.78 Å². The van der Waals surface area contributed by atoms with E-state index in [2.05, 4.69) is 6.92 Å². The Hall–Kier alpha value is -1.65. The minimum absolute atomic E-state index is 0.0199. The van der Waals surface area contributed by atoms with Crippen molar-refractivity contribution in [2.45, 2.75) is 45.4 Å². The average molecular weight is 299 g/mol. The molecule has 0 heterocycles. The zero-order chi connectivity index (χ0) is 15.7. The van der Waals surface area contributed by atoms with Gasteiger partial charge in [-0.15, -0.1) is 0 Å². The van der Waals surface area contributed by atoms with Gasteiger partial charge in [0.1, 0.15) is 0 Å². The van der Waals surface area contributed by atoms with Crippen LogP contribution < -0.4 is 4.90 Å².